The Hall–Kier alpha value is -3.18. The molecule has 0 spiro atoms. The third-order valence-corrected chi connectivity index (χ3v) is 8.81. The molecule has 198 valence electrons. The minimum Gasteiger partial charge on any atom is -0.300 e. The van der Waals surface area contributed by atoms with E-state index in [1.54, 1.807) is 24.3 Å². The zero-order chi connectivity index (χ0) is 26.8. The fourth-order valence-electron chi connectivity index (χ4n) is 5.97. The van der Waals surface area contributed by atoms with Gasteiger partial charge >= 0.3 is 6.18 Å². The highest BCUT2D eigenvalue weighted by atomic mass is 32.2. The molecule has 3 fully saturated rings. The van der Waals surface area contributed by atoms with Crippen molar-refractivity contribution in [2.45, 2.75) is 56.5 Å². The number of imide groups is 1. The fourth-order valence-corrected chi connectivity index (χ4v) is 6.87. The highest BCUT2D eigenvalue weighted by molar-refractivity contribution is 8.18. The number of amides is 2. The highest BCUT2D eigenvalue weighted by Gasteiger charge is 2.46. The summed E-state index contributed by atoms with van der Waals surface area (Å²) < 4.78 is 55.2. The molecule has 3 aromatic rings. The Morgan fingerprint density at radius 1 is 1.05 bits per heavy atom. The average Bonchev–Trinajstić information content (AvgIpc) is 3.43. The van der Waals surface area contributed by atoms with Crippen molar-refractivity contribution in [3.05, 3.63) is 70.0 Å². The van der Waals surface area contributed by atoms with Gasteiger partial charge in [0.25, 0.3) is 11.1 Å². The lowest BCUT2D eigenvalue weighted by molar-refractivity contribution is -0.138. The second kappa shape index (κ2) is 9.23. The van der Waals surface area contributed by atoms with Gasteiger partial charge in [-0.05, 0) is 86.0 Å². The number of hydrogen-bond donors (Lipinski definition) is 0. The average molecular weight is 545 g/mol. The van der Waals surface area contributed by atoms with Gasteiger partial charge in [0.05, 0.1) is 28.7 Å². The maximum atomic E-state index is 13.5. The topological polar surface area (TPSA) is 58.4 Å². The van der Waals surface area contributed by atoms with Crippen LogP contribution in [0.15, 0.2) is 47.5 Å². The maximum absolute atomic E-state index is 13.5. The van der Waals surface area contributed by atoms with E-state index in [1.165, 1.54) is 15.8 Å². The minimum absolute atomic E-state index is 0.0872. The van der Waals surface area contributed by atoms with Crippen molar-refractivity contribution < 1.29 is 27.2 Å². The molecule has 0 aliphatic carbocycles. The SMILES string of the molecule is CN1[C@@H]2CC[C@H]1CC(N1C(=O)S/C(=C\c3ccc4c(cnn4Cc4ccc(F)cc4C(F)(F)F)c3)C1=O)C2. The summed E-state index contributed by atoms with van der Waals surface area (Å²) in [6.45, 7) is -0.185. The number of carbonyl (C=O) groups is 2. The van der Waals surface area contributed by atoms with E-state index in [1.807, 2.05) is 0 Å². The lowest BCUT2D eigenvalue weighted by Crippen LogP contribution is -2.50. The van der Waals surface area contributed by atoms with Crippen molar-refractivity contribution in [2.24, 2.45) is 0 Å². The molecule has 3 aliphatic rings. The van der Waals surface area contributed by atoms with Gasteiger partial charge in [0.15, 0.2) is 0 Å². The first-order valence-electron chi connectivity index (χ1n) is 12.4. The summed E-state index contributed by atoms with van der Waals surface area (Å²) in [5, 5.41) is 4.65. The van der Waals surface area contributed by atoms with Crippen LogP contribution in [0, 0.1) is 5.82 Å². The number of benzene rings is 2. The van der Waals surface area contributed by atoms with E-state index in [-0.39, 0.29) is 29.3 Å². The van der Waals surface area contributed by atoms with Gasteiger partial charge in [-0.3, -0.25) is 19.2 Å². The number of aromatic nitrogens is 2. The largest absolute Gasteiger partial charge is 0.416 e. The van der Waals surface area contributed by atoms with Gasteiger partial charge in [-0.1, -0.05) is 12.1 Å². The number of alkyl halides is 3. The van der Waals surface area contributed by atoms with Crippen LogP contribution in [0.3, 0.4) is 0 Å². The lowest BCUT2D eigenvalue weighted by Gasteiger charge is -2.39. The Kier molecular flexibility index (Phi) is 6.10. The Morgan fingerprint density at radius 2 is 1.79 bits per heavy atom. The fraction of sp³-hybridized carbons (Fsp3) is 0.370. The van der Waals surface area contributed by atoms with Crippen molar-refractivity contribution >= 4 is 39.9 Å². The van der Waals surface area contributed by atoms with Crippen LogP contribution >= 0.6 is 11.8 Å². The Balaban J connectivity index is 1.23. The third kappa shape index (κ3) is 4.41. The summed E-state index contributed by atoms with van der Waals surface area (Å²) in [5.41, 5.74) is 0.147. The predicted octanol–water partition coefficient (Wildman–Crippen LogP) is 5.90. The molecule has 6 nitrogen and oxygen atoms in total. The number of thioether (sulfide) groups is 1. The Morgan fingerprint density at radius 3 is 2.50 bits per heavy atom. The Labute approximate surface area is 220 Å². The number of nitrogens with zero attached hydrogens (tertiary/aromatic N) is 4. The van der Waals surface area contributed by atoms with Crippen LogP contribution in [0.2, 0.25) is 0 Å². The third-order valence-electron chi connectivity index (χ3n) is 7.92. The molecule has 38 heavy (non-hydrogen) atoms. The molecule has 0 saturated carbocycles. The van der Waals surface area contributed by atoms with Gasteiger partial charge in [-0.2, -0.15) is 18.3 Å². The van der Waals surface area contributed by atoms with Crippen molar-refractivity contribution in [1.82, 2.24) is 19.6 Å². The molecule has 4 heterocycles. The van der Waals surface area contributed by atoms with E-state index >= 15 is 0 Å². The Bertz CT molecular complexity index is 1470. The van der Waals surface area contributed by atoms with E-state index in [0.29, 0.717) is 39.5 Å². The lowest BCUT2D eigenvalue weighted by atomic mass is 9.96. The first-order valence-corrected chi connectivity index (χ1v) is 13.2. The second-order valence-corrected chi connectivity index (χ2v) is 11.1. The zero-order valence-corrected chi connectivity index (χ0v) is 21.2. The molecular formula is C27H24F4N4O2S. The van der Waals surface area contributed by atoms with Crippen LogP contribution in [0.5, 0.6) is 0 Å². The van der Waals surface area contributed by atoms with Crippen LogP contribution < -0.4 is 0 Å². The van der Waals surface area contributed by atoms with Gasteiger partial charge < -0.3 is 4.90 Å². The number of fused-ring (bicyclic) bond motifs is 3. The molecular weight excluding hydrogens is 520 g/mol. The number of carbonyl (C=O) groups excluding carboxylic acids is 2. The summed E-state index contributed by atoms with van der Waals surface area (Å²) in [6.07, 6.45) is 2.30. The molecule has 2 amide bonds. The van der Waals surface area contributed by atoms with Crippen LogP contribution in [0.25, 0.3) is 17.0 Å². The molecule has 3 aliphatic heterocycles. The summed E-state index contributed by atoms with van der Waals surface area (Å²) >= 11 is 0.938. The van der Waals surface area contributed by atoms with Crippen molar-refractivity contribution in [3.63, 3.8) is 0 Å². The molecule has 6 rings (SSSR count). The van der Waals surface area contributed by atoms with Crippen molar-refractivity contribution in [2.75, 3.05) is 7.05 Å². The number of hydrogen-bond acceptors (Lipinski definition) is 5. The quantitative estimate of drug-likeness (QED) is 0.302. The summed E-state index contributed by atoms with van der Waals surface area (Å²) in [6, 6.07) is 8.54. The van der Waals surface area contributed by atoms with E-state index < -0.39 is 17.6 Å². The molecule has 0 radical (unpaired) electrons. The molecule has 2 aromatic carbocycles. The highest BCUT2D eigenvalue weighted by Crippen LogP contribution is 2.41. The summed E-state index contributed by atoms with van der Waals surface area (Å²) in [5.74, 6) is -1.23. The number of piperidine rings is 1. The monoisotopic (exact) mass is 544 g/mol. The van der Waals surface area contributed by atoms with Crippen LogP contribution in [-0.4, -0.2) is 55.9 Å². The van der Waals surface area contributed by atoms with Gasteiger partial charge in [-0.15, -0.1) is 0 Å². The predicted molar refractivity (Wildman–Crippen MR) is 136 cm³/mol. The molecule has 2 bridgehead atoms. The van der Waals surface area contributed by atoms with Crippen molar-refractivity contribution in [3.8, 4) is 0 Å². The van der Waals surface area contributed by atoms with Gasteiger partial charge in [-0.25, -0.2) is 4.39 Å². The number of halogens is 4. The second-order valence-electron chi connectivity index (χ2n) is 10.1. The molecule has 1 unspecified atom stereocenters. The van der Waals surface area contributed by atoms with Gasteiger partial charge in [0, 0.05) is 23.5 Å². The molecule has 11 heteroatoms. The van der Waals surface area contributed by atoms with Gasteiger partial charge in [0.2, 0.25) is 0 Å². The van der Waals surface area contributed by atoms with Crippen LogP contribution in [0.1, 0.15) is 42.4 Å². The maximum Gasteiger partial charge on any atom is 0.416 e. The molecule has 3 saturated heterocycles. The first-order chi connectivity index (χ1) is 18.1. The zero-order valence-electron chi connectivity index (χ0n) is 20.4. The van der Waals surface area contributed by atoms with E-state index in [4.69, 9.17) is 0 Å². The van der Waals surface area contributed by atoms with E-state index in [9.17, 15) is 27.2 Å². The minimum atomic E-state index is -4.69. The molecule has 3 atom stereocenters. The van der Waals surface area contributed by atoms with E-state index in [2.05, 4.69) is 17.0 Å². The van der Waals surface area contributed by atoms with E-state index in [0.717, 1.165) is 49.6 Å². The molecule has 0 N–H and O–H groups in total. The van der Waals surface area contributed by atoms with Crippen LogP contribution in [-0.2, 0) is 17.5 Å². The van der Waals surface area contributed by atoms with Crippen molar-refractivity contribution in [1.29, 1.82) is 0 Å². The molecule has 1 aromatic heterocycles. The summed E-state index contributed by atoms with van der Waals surface area (Å²) in [7, 11) is 2.11. The standard InChI is InChI=1S/C27H24F4N4O2S/c1-33-19-5-6-20(33)12-21(11-19)35-25(36)24(38-26(35)37)9-15-2-7-23-17(8-15)13-32-34(23)14-16-3-4-18(28)10-22(16)27(29,30)31/h2-4,7-10,13,19-21H,5-6,11-12,14H2,1H3/b24-9-/t19-,20+,21?. The normalized spacial score (nSPS) is 25.3. The smallest absolute Gasteiger partial charge is 0.300 e. The van der Waals surface area contributed by atoms with Gasteiger partial charge in [0.1, 0.15) is 5.82 Å². The first kappa shape index (κ1) is 25.1. The summed E-state index contributed by atoms with van der Waals surface area (Å²) in [4.78, 5) is 30.2. The van der Waals surface area contributed by atoms with Crippen LogP contribution in [0.4, 0.5) is 22.4 Å². The number of rotatable bonds is 4.